The van der Waals surface area contributed by atoms with Crippen LogP contribution in [0, 0.1) is 5.92 Å². The fourth-order valence-electron chi connectivity index (χ4n) is 3.28. The molecule has 2 rings (SSSR count). The van der Waals surface area contributed by atoms with Crippen LogP contribution < -0.4 is 5.32 Å². The average Bonchev–Trinajstić information content (AvgIpc) is 2.88. The van der Waals surface area contributed by atoms with Gasteiger partial charge in [0.1, 0.15) is 0 Å². The van der Waals surface area contributed by atoms with Crippen molar-refractivity contribution in [3.63, 3.8) is 0 Å². The average molecular weight is 259 g/mol. The third-order valence-corrected chi connectivity index (χ3v) is 4.56. The highest BCUT2D eigenvalue weighted by molar-refractivity contribution is 5.45. The number of aryl methyl sites for hydroxylation is 1. The first-order chi connectivity index (χ1) is 9.33. The Morgan fingerprint density at radius 3 is 2.53 bits per heavy atom. The maximum Gasteiger partial charge on any atom is 0.0342 e. The van der Waals surface area contributed by atoms with Gasteiger partial charge in [-0.25, -0.2) is 0 Å². The van der Waals surface area contributed by atoms with Crippen molar-refractivity contribution in [3.05, 3.63) is 29.8 Å². The zero-order valence-corrected chi connectivity index (χ0v) is 12.6. The molecule has 1 N–H and O–H groups in total. The smallest absolute Gasteiger partial charge is 0.0342 e. The summed E-state index contributed by atoms with van der Waals surface area (Å²) in [6.45, 7) is 4.58. The number of unbranched alkanes of at least 4 members (excludes halogenated alkanes) is 2. The van der Waals surface area contributed by atoms with Crippen LogP contribution in [0.25, 0.3) is 0 Å². The van der Waals surface area contributed by atoms with Gasteiger partial charge in [0, 0.05) is 11.7 Å². The first-order valence-corrected chi connectivity index (χ1v) is 8.19. The first-order valence-electron chi connectivity index (χ1n) is 8.19. The van der Waals surface area contributed by atoms with Crippen LogP contribution in [0.1, 0.15) is 64.4 Å². The Morgan fingerprint density at radius 1 is 1.05 bits per heavy atom. The Kier molecular flexibility index (Phi) is 5.75. The summed E-state index contributed by atoms with van der Waals surface area (Å²) in [4.78, 5) is 0. The van der Waals surface area contributed by atoms with E-state index in [0.29, 0.717) is 6.04 Å². The highest BCUT2D eigenvalue weighted by Gasteiger charge is 2.25. The van der Waals surface area contributed by atoms with Crippen molar-refractivity contribution in [3.8, 4) is 0 Å². The molecule has 1 aromatic carbocycles. The van der Waals surface area contributed by atoms with Crippen molar-refractivity contribution < 1.29 is 0 Å². The lowest BCUT2D eigenvalue weighted by atomic mass is 10.00. The Bertz CT molecular complexity index is 354. The molecule has 1 nitrogen and oxygen atoms in total. The van der Waals surface area contributed by atoms with Crippen LogP contribution in [0.5, 0.6) is 0 Å². The fraction of sp³-hybridized carbons (Fsp3) is 0.667. The summed E-state index contributed by atoms with van der Waals surface area (Å²) in [5.74, 6) is 0.879. The monoisotopic (exact) mass is 259 g/mol. The van der Waals surface area contributed by atoms with Gasteiger partial charge in [-0.15, -0.1) is 0 Å². The summed E-state index contributed by atoms with van der Waals surface area (Å²) < 4.78 is 0. The molecule has 19 heavy (non-hydrogen) atoms. The van der Waals surface area contributed by atoms with E-state index in [1.165, 1.54) is 62.6 Å². The molecular formula is C18H29N. The van der Waals surface area contributed by atoms with Crippen LogP contribution in [0.3, 0.4) is 0 Å². The van der Waals surface area contributed by atoms with Gasteiger partial charge in [0.2, 0.25) is 0 Å². The topological polar surface area (TPSA) is 12.0 Å². The van der Waals surface area contributed by atoms with Gasteiger partial charge in [0.05, 0.1) is 0 Å². The zero-order chi connectivity index (χ0) is 13.5. The molecule has 106 valence electrons. The third-order valence-electron chi connectivity index (χ3n) is 4.56. The number of anilines is 1. The Balaban J connectivity index is 1.84. The van der Waals surface area contributed by atoms with E-state index < -0.39 is 0 Å². The van der Waals surface area contributed by atoms with E-state index in [1.807, 2.05) is 0 Å². The first kappa shape index (κ1) is 14.4. The second kappa shape index (κ2) is 7.57. The molecule has 0 radical (unpaired) electrons. The van der Waals surface area contributed by atoms with Crippen molar-refractivity contribution in [2.75, 3.05) is 5.32 Å². The van der Waals surface area contributed by atoms with Gasteiger partial charge in [-0.1, -0.05) is 51.7 Å². The summed E-state index contributed by atoms with van der Waals surface area (Å²) >= 11 is 0. The molecule has 0 aromatic heterocycles. The summed E-state index contributed by atoms with van der Waals surface area (Å²) in [6.07, 6.45) is 10.7. The van der Waals surface area contributed by atoms with Crippen molar-refractivity contribution >= 4 is 5.69 Å². The number of benzene rings is 1. The Morgan fingerprint density at radius 2 is 1.84 bits per heavy atom. The second-order valence-electron chi connectivity index (χ2n) is 6.00. The maximum atomic E-state index is 3.74. The molecule has 1 fully saturated rings. The van der Waals surface area contributed by atoms with E-state index in [0.717, 1.165) is 5.92 Å². The van der Waals surface area contributed by atoms with Crippen LogP contribution >= 0.6 is 0 Å². The Hall–Kier alpha value is -0.980. The molecule has 0 spiro atoms. The standard InChI is InChI=1S/C18H29N/c1-3-5-6-8-15-11-13-17(14-12-15)19-18-10-7-9-16(18)4-2/h11-14,16,18-19H,3-10H2,1-2H3. The summed E-state index contributed by atoms with van der Waals surface area (Å²) in [7, 11) is 0. The van der Waals surface area contributed by atoms with Gasteiger partial charge < -0.3 is 5.32 Å². The third kappa shape index (κ3) is 4.26. The molecule has 2 unspecified atom stereocenters. The highest BCUT2D eigenvalue weighted by atomic mass is 14.9. The molecule has 1 saturated carbocycles. The lowest BCUT2D eigenvalue weighted by Gasteiger charge is -2.21. The number of rotatable bonds is 7. The van der Waals surface area contributed by atoms with Gasteiger partial charge in [0.25, 0.3) is 0 Å². The van der Waals surface area contributed by atoms with E-state index in [9.17, 15) is 0 Å². The predicted octanol–water partition coefficient (Wildman–Crippen LogP) is 5.41. The fourth-order valence-corrected chi connectivity index (χ4v) is 3.28. The molecule has 0 heterocycles. The molecule has 1 aliphatic carbocycles. The minimum Gasteiger partial charge on any atom is -0.382 e. The predicted molar refractivity (Wildman–Crippen MR) is 84.7 cm³/mol. The van der Waals surface area contributed by atoms with E-state index in [4.69, 9.17) is 0 Å². The second-order valence-corrected chi connectivity index (χ2v) is 6.00. The van der Waals surface area contributed by atoms with Crippen LogP contribution in [-0.2, 0) is 6.42 Å². The van der Waals surface area contributed by atoms with Gasteiger partial charge in [0.15, 0.2) is 0 Å². The number of hydrogen-bond acceptors (Lipinski definition) is 1. The van der Waals surface area contributed by atoms with Gasteiger partial charge in [-0.3, -0.25) is 0 Å². The van der Waals surface area contributed by atoms with Gasteiger partial charge in [-0.2, -0.15) is 0 Å². The molecule has 0 saturated heterocycles. The van der Waals surface area contributed by atoms with Crippen molar-refractivity contribution in [1.29, 1.82) is 0 Å². The van der Waals surface area contributed by atoms with Gasteiger partial charge >= 0.3 is 0 Å². The Labute approximate surface area is 118 Å². The van der Waals surface area contributed by atoms with Crippen LogP contribution in [0.15, 0.2) is 24.3 Å². The largest absolute Gasteiger partial charge is 0.382 e. The molecule has 1 aliphatic rings. The van der Waals surface area contributed by atoms with Gasteiger partial charge in [-0.05, 0) is 49.3 Å². The number of hydrogen-bond donors (Lipinski definition) is 1. The normalized spacial score (nSPS) is 22.6. The summed E-state index contributed by atoms with van der Waals surface area (Å²) in [5.41, 5.74) is 2.79. The molecule has 2 atom stereocenters. The van der Waals surface area contributed by atoms with Crippen LogP contribution in [-0.4, -0.2) is 6.04 Å². The SMILES string of the molecule is CCCCCc1ccc(NC2CCCC2CC)cc1. The number of nitrogens with one attached hydrogen (secondary N) is 1. The molecule has 1 aromatic rings. The summed E-state index contributed by atoms with van der Waals surface area (Å²) in [5, 5.41) is 3.74. The zero-order valence-electron chi connectivity index (χ0n) is 12.6. The van der Waals surface area contributed by atoms with Crippen LogP contribution in [0.4, 0.5) is 5.69 Å². The molecule has 0 aliphatic heterocycles. The molecule has 1 heteroatoms. The minimum absolute atomic E-state index is 0.705. The molecule has 0 amide bonds. The van der Waals surface area contributed by atoms with Crippen molar-refractivity contribution in [2.24, 2.45) is 5.92 Å². The summed E-state index contributed by atoms with van der Waals surface area (Å²) in [6, 6.07) is 9.84. The molecule has 0 bridgehead atoms. The van der Waals surface area contributed by atoms with Crippen molar-refractivity contribution in [2.45, 2.75) is 71.3 Å². The lowest BCUT2D eigenvalue weighted by molar-refractivity contribution is 0.489. The minimum atomic E-state index is 0.705. The van der Waals surface area contributed by atoms with E-state index in [1.54, 1.807) is 0 Å². The van der Waals surface area contributed by atoms with E-state index in [2.05, 4.69) is 43.4 Å². The maximum absolute atomic E-state index is 3.74. The van der Waals surface area contributed by atoms with Crippen LogP contribution in [0.2, 0.25) is 0 Å². The van der Waals surface area contributed by atoms with E-state index >= 15 is 0 Å². The lowest BCUT2D eigenvalue weighted by Crippen LogP contribution is -2.23. The van der Waals surface area contributed by atoms with E-state index in [-0.39, 0.29) is 0 Å². The molecular weight excluding hydrogens is 230 g/mol. The van der Waals surface area contributed by atoms with Crippen molar-refractivity contribution in [1.82, 2.24) is 0 Å². The highest BCUT2D eigenvalue weighted by Crippen LogP contribution is 2.30. The quantitative estimate of drug-likeness (QED) is 0.646.